The molecular formula is C12H9F3N2O2. The molecular weight excluding hydrogens is 261 g/mol. The molecule has 1 N–H and O–H groups in total. The summed E-state index contributed by atoms with van der Waals surface area (Å²) in [6.45, 7) is -1.54. The van der Waals surface area contributed by atoms with E-state index in [9.17, 15) is 18.0 Å². The van der Waals surface area contributed by atoms with Gasteiger partial charge in [0.2, 0.25) is 5.82 Å². The van der Waals surface area contributed by atoms with Crippen molar-refractivity contribution in [1.29, 1.82) is 0 Å². The fourth-order valence-corrected chi connectivity index (χ4v) is 1.50. The first-order valence-corrected chi connectivity index (χ1v) is 5.29. The number of ether oxygens (including phenoxy) is 1. The first kappa shape index (κ1) is 13.1. The molecule has 0 atom stereocenters. The average Bonchev–Trinajstić information content (AvgIpc) is 2.35. The Hall–Kier alpha value is -2.31. The molecule has 0 saturated carbocycles. The van der Waals surface area contributed by atoms with E-state index in [2.05, 4.69) is 14.7 Å². The maximum Gasteiger partial charge on any atom is 0.387 e. The fourth-order valence-electron chi connectivity index (χ4n) is 1.50. The van der Waals surface area contributed by atoms with E-state index in [0.29, 0.717) is 5.56 Å². The molecule has 4 nitrogen and oxygen atoms in total. The highest BCUT2D eigenvalue weighted by molar-refractivity contribution is 5.56. The zero-order chi connectivity index (χ0) is 14.0. The normalized spacial score (nSPS) is 10.8. The number of nitrogens with zero attached hydrogens (tertiary/aromatic N) is 1. The number of benzene rings is 1. The van der Waals surface area contributed by atoms with Crippen LogP contribution < -0.4 is 10.3 Å². The van der Waals surface area contributed by atoms with Gasteiger partial charge in [0.1, 0.15) is 11.6 Å². The van der Waals surface area contributed by atoms with E-state index in [1.807, 2.05) is 0 Å². The van der Waals surface area contributed by atoms with E-state index in [1.165, 1.54) is 31.2 Å². The number of halogens is 3. The second-order valence-electron chi connectivity index (χ2n) is 3.72. The van der Waals surface area contributed by atoms with Crippen LogP contribution >= 0.6 is 0 Å². The van der Waals surface area contributed by atoms with Crippen LogP contribution in [0.25, 0.3) is 11.4 Å². The van der Waals surface area contributed by atoms with Crippen LogP contribution in [0.1, 0.15) is 5.69 Å². The molecule has 0 amide bonds. The van der Waals surface area contributed by atoms with Crippen molar-refractivity contribution in [2.45, 2.75) is 13.5 Å². The van der Waals surface area contributed by atoms with Gasteiger partial charge in [-0.15, -0.1) is 0 Å². The highest BCUT2D eigenvalue weighted by Crippen LogP contribution is 2.20. The van der Waals surface area contributed by atoms with Gasteiger partial charge in [0, 0.05) is 5.56 Å². The SMILES string of the molecule is Cc1nc(-c2ccc(OC(F)F)cc2)[nH]c(=O)c1F. The molecule has 1 aromatic carbocycles. The Kier molecular flexibility index (Phi) is 3.55. The summed E-state index contributed by atoms with van der Waals surface area (Å²) in [5.41, 5.74) is -0.455. The fraction of sp³-hybridized carbons (Fsp3) is 0.167. The first-order chi connectivity index (χ1) is 8.97. The van der Waals surface area contributed by atoms with Crippen LogP contribution in [0.3, 0.4) is 0 Å². The van der Waals surface area contributed by atoms with Gasteiger partial charge in [-0.2, -0.15) is 13.2 Å². The maximum atomic E-state index is 13.1. The predicted molar refractivity (Wildman–Crippen MR) is 61.6 cm³/mol. The standard InChI is InChI=1S/C12H9F3N2O2/c1-6-9(13)11(18)17-10(16-6)7-2-4-8(5-3-7)19-12(14)15/h2-5,12H,1H3,(H,16,17,18). The van der Waals surface area contributed by atoms with Gasteiger partial charge in [0.15, 0.2) is 0 Å². The minimum absolute atomic E-state index is 0.0140. The first-order valence-electron chi connectivity index (χ1n) is 5.29. The molecule has 0 saturated heterocycles. The van der Waals surface area contributed by atoms with Gasteiger partial charge in [-0.05, 0) is 31.2 Å². The van der Waals surface area contributed by atoms with Gasteiger partial charge in [0.05, 0.1) is 5.69 Å². The minimum Gasteiger partial charge on any atom is -0.435 e. The van der Waals surface area contributed by atoms with Crippen LogP contribution in [-0.2, 0) is 0 Å². The molecule has 19 heavy (non-hydrogen) atoms. The molecule has 0 spiro atoms. The Bertz CT molecular complexity index is 638. The Morgan fingerprint density at radius 2 is 1.89 bits per heavy atom. The summed E-state index contributed by atoms with van der Waals surface area (Å²) in [4.78, 5) is 17.4. The van der Waals surface area contributed by atoms with E-state index in [4.69, 9.17) is 0 Å². The minimum atomic E-state index is -2.91. The monoisotopic (exact) mass is 270 g/mol. The van der Waals surface area contributed by atoms with Crippen molar-refractivity contribution < 1.29 is 17.9 Å². The van der Waals surface area contributed by atoms with Crippen molar-refractivity contribution in [2.75, 3.05) is 0 Å². The largest absolute Gasteiger partial charge is 0.435 e. The number of nitrogens with one attached hydrogen (secondary N) is 1. The van der Waals surface area contributed by atoms with Crippen molar-refractivity contribution in [3.63, 3.8) is 0 Å². The van der Waals surface area contributed by atoms with Crippen molar-refractivity contribution in [1.82, 2.24) is 9.97 Å². The van der Waals surface area contributed by atoms with Crippen molar-refractivity contribution >= 4 is 0 Å². The Balaban J connectivity index is 2.35. The molecule has 0 radical (unpaired) electrons. The zero-order valence-corrected chi connectivity index (χ0v) is 9.78. The molecule has 0 aliphatic carbocycles. The van der Waals surface area contributed by atoms with E-state index in [0.717, 1.165) is 0 Å². The predicted octanol–water partition coefficient (Wildman–Crippen LogP) is 2.49. The molecule has 2 rings (SSSR count). The molecule has 0 bridgehead atoms. The number of hydrogen-bond donors (Lipinski definition) is 1. The summed E-state index contributed by atoms with van der Waals surface area (Å²) >= 11 is 0. The van der Waals surface area contributed by atoms with Crippen molar-refractivity contribution in [3.05, 3.63) is 46.1 Å². The molecule has 100 valence electrons. The van der Waals surface area contributed by atoms with Crippen molar-refractivity contribution in [2.24, 2.45) is 0 Å². The maximum absolute atomic E-state index is 13.1. The number of alkyl halides is 2. The molecule has 7 heteroatoms. The van der Waals surface area contributed by atoms with E-state index in [1.54, 1.807) is 0 Å². The number of rotatable bonds is 3. The highest BCUT2D eigenvalue weighted by Gasteiger charge is 2.09. The Morgan fingerprint density at radius 3 is 2.42 bits per heavy atom. The lowest BCUT2D eigenvalue weighted by molar-refractivity contribution is -0.0498. The Morgan fingerprint density at radius 1 is 1.26 bits per heavy atom. The van der Waals surface area contributed by atoms with Gasteiger partial charge in [-0.1, -0.05) is 0 Å². The second-order valence-corrected chi connectivity index (χ2v) is 3.72. The van der Waals surface area contributed by atoms with Crippen molar-refractivity contribution in [3.8, 4) is 17.1 Å². The molecule has 1 heterocycles. The number of aromatic nitrogens is 2. The van der Waals surface area contributed by atoms with E-state index >= 15 is 0 Å². The molecule has 1 aromatic heterocycles. The number of H-pyrrole nitrogens is 1. The summed E-state index contributed by atoms with van der Waals surface area (Å²) in [6, 6.07) is 5.49. The van der Waals surface area contributed by atoms with Gasteiger partial charge in [-0.3, -0.25) is 4.79 Å². The summed E-state index contributed by atoms with van der Waals surface area (Å²) in [6.07, 6.45) is 0. The van der Waals surface area contributed by atoms with Gasteiger partial charge >= 0.3 is 6.61 Å². The average molecular weight is 270 g/mol. The Labute approximate surface area is 105 Å². The molecule has 0 unspecified atom stereocenters. The molecule has 0 fully saturated rings. The zero-order valence-electron chi connectivity index (χ0n) is 9.78. The van der Waals surface area contributed by atoms with Gasteiger partial charge in [-0.25, -0.2) is 4.98 Å². The van der Waals surface area contributed by atoms with Gasteiger partial charge < -0.3 is 9.72 Å². The molecule has 0 aliphatic heterocycles. The third kappa shape index (κ3) is 2.93. The number of aryl methyl sites for hydroxylation is 1. The second kappa shape index (κ2) is 5.13. The van der Waals surface area contributed by atoms with Crippen LogP contribution in [0, 0.1) is 12.7 Å². The number of aromatic amines is 1. The third-order valence-corrected chi connectivity index (χ3v) is 2.38. The van der Waals surface area contributed by atoms with E-state index < -0.39 is 18.0 Å². The van der Waals surface area contributed by atoms with E-state index in [-0.39, 0.29) is 17.3 Å². The van der Waals surface area contributed by atoms with Crippen LogP contribution in [0.2, 0.25) is 0 Å². The lowest BCUT2D eigenvalue weighted by atomic mass is 10.2. The summed E-state index contributed by atoms with van der Waals surface area (Å²) in [5, 5.41) is 0. The van der Waals surface area contributed by atoms with Crippen LogP contribution in [0.5, 0.6) is 5.75 Å². The quantitative estimate of drug-likeness (QED) is 0.932. The smallest absolute Gasteiger partial charge is 0.387 e. The summed E-state index contributed by atoms with van der Waals surface area (Å²) < 4.78 is 41.3. The summed E-state index contributed by atoms with van der Waals surface area (Å²) in [5.74, 6) is -0.797. The molecule has 2 aromatic rings. The van der Waals surface area contributed by atoms with Crippen LogP contribution in [0.4, 0.5) is 13.2 Å². The summed E-state index contributed by atoms with van der Waals surface area (Å²) in [7, 11) is 0. The molecule has 0 aliphatic rings. The lowest BCUT2D eigenvalue weighted by Crippen LogP contribution is -2.15. The lowest BCUT2D eigenvalue weighted by Gasteiger charge is -2.06. The van der Waals surface area contributed by atoms with Gasteiger partial charge in [0.25, 0.3) is 5.56 Å². The van der Waals surface area contributed by atoms with Crippen LogP contribution in [-0.4, -0.2) is 16.6 Å². The number of hydrogen-bond acceptors (Lipinski definition) is 3. The van der Waals surface area contributed by atoms with Crippen LogP contribution in [0.15, 0.2) is 29.1 Å². The topological polar surface area (TPSA) is 55.0 Å². The highest BCUT2D eigenvalue weighted by atomic mass is 19.3. The third-order valence-electron chi connectivity index (χ3n) is 2.38.